The third-order valence-corrected chi connectivity index (χ3v) is 3.41. The average Bonchev–Trinajstić information content (AvgIpc) is 2.55. The van der Waals surface area contributed by atoms with E-state index < -0.39 is 23.3 Å². The SMILES string of the molecule is CSCCCN1C(=O)C(=O)c2cc(F)cc(F)c21. The molecule has 96 valence electrons. The van der Waals surface area contributed by atoms with Gasteiger partial charge in [0.2, 0.25) is 0 Å². The minimum atomic E-state index is -0.867. The van der Waals surface area contributed by atoms with Crippen LogP contribution in [-0.4, -0.2) is 30.2 Å². The van der Waals surface area contributed by atoms with E-state index in [4.69, 9.17) is 0 Å². The summed E-state index contributed by atoms with van der Waals surface area (Å²) in [5.74, 6) is -2.54. The molecule has 0 aliphatic carbocycles. The van der Waals surface area contributed by atoms with Gasteiger partial charge in [0.15, 0.2) is 5.82 Å². The Morgan fingerprint density at radius 1 is 1.28 bits per heavy atom. The number of carbonyl (C=O) groups excluding carboxylic acids is 2. The van der Waals surface area contributed by atoms with E-state index >= 15 is 0 Å². The fraction of sp³-hybridized carbons (Fsp3) is 0.333. The van der Waals surface area contributed by atoms with Crippen molar-refractivity contribution in [3.8, 4) is 0 Å². The quantitative estimate of drug-likeness (QED) is 0.622. The van der Waals surface area contributed by atoms with Crippen molar-refractivity contribution in [1.29, 1.82) is 0 Å². The van der Waals surface area contributed by atoms with Crippen LogP contribution in [0.4, 0.5) is 14.5 Å². The number of thioether (sulfide) groups is 1. The molecule has 0 radical (unpaired) electrons. The molecule has 1 aliphatic heterocycles. The molecule has 0 saturated heterocycles. The molecule has 1 aromatic carbocycles. The molecular weight excluding hydrogens is 260 g/mol. The van der Waals surface area contributed by atoms with Gasteiger partial charge in [-0.15, -0.1) is 0 Å². The minimum absolute atomic E-state index is 0.0903. The molecule has 18 heavy (non-hydrogen) atoms. The maximum Gasteiger partial charge on any atom is 0.299 e. The first-order chi connectivity index (χ1) is 8.56. The Hall–Kier alpha value is -1.43. The summed E-state index contributed by atoms with van der Waals surface area (Å²) in [6.07, 6.45) is 2.57. The Morgan fingerprint density at radius 2 is 2.00 bits per heavy atom. The van der Waals surface area contributed by atoms with Crippen molar-refractivity contribution >= 4 is 29.1 Å². The predicted molar refractivity (Wildman–Crippen MR) is 66.0 cm³/mol. The van der Waals surface area contributed by atoms with E-state index in [-0.39, 0.29) is 17.8 Å². The highest BCUT2D eigenvalue weighted by Crippen LogP contribution is 2.32. The Kier molecular flexibility index (Phi) is 3.65. The van der Waals surface area contributed by atoms with Gasteiger partial charge in [0.05, 0.1) is 11.3 Å². The van der Waals surface area contributed by atoms with Crippen LogP contribution < -0.4 is 4.90 Å². The second kappa shape index (κ2) is 5.06. The van der Waals surface area contributed by atoms with Gasteiger partial charge in [-0.3, -0.25) is 9.59 Å². The fourth-order valence-electron chi connectivity index (χ4n) is 1.93. The van der Waals surface area contributed by atoms with Gasteiger partial charge in [0.1, 0.15) is 5.82 Å². The van der Waals surface area contributed by atoms with Crippen LogP contribution in [0.3, 0.4) is 0 Å². The molecule has 0 saturated carbocycles. The van der Waals surface area contributed by atoms with Crippen molar-refractivity contribution in [1.82, 2.24) is 0 Å². The second-order valence-corrected chi connectivity index (χ2v) is 4.90. The van der Waals surface area contributed by atoms with Crippen LogP contribution in [0.1, 0.15) is 16.8 Å². The van der Waals surface area contributed by atoms with Crippen molar-refractivity contribution in [3.63, 3.8) is 0 Å². The summed E-state index contributed by atoms with van der Waals surface area (Å²) in [6, 6.07) is 1.60. The standard InChI is InChI=1S/C12H11F2NO2S/c1-18-4-2-3-15-10-8(11(16)12(15)17)5-7(13)6-9(10)14/h5-6H,2-4H2,1H3. The van der Waals surface area contributed by atoms with Gasteiger partial charge in [-0.1, -0.05) is 0 Å². The van der Waals surface area contributed by atoms with Crippen LogP contribution in [0, 0.1) is 11.6 Å². The molecule has 0 N–H and O–H groups in total. The first-order valence-electron chi connectivity index (χ1n) is 5.40. The number of ketones is 1. The van der Waals surface area contributed by atoms with Crippen LogP contribution in [0.5, 0.6) is 0 Å². The van der Waals surface area contributed by atoms with Crippen molar-refractivity contribution in [2.45, 2.75) is 6.42 Å². The topological polar surface area (TPSA) is 37.4 Å². The highest BCUT2D eigenvalue weighted by Gasteiger charge is 2.38. The van der Waals surface area contributed by atoms with Crippen LogP contribution in [0.2, 0.25) is 0 Å². The average molecular weight is 271 g/mol. The number of carbonyl (C=O) groups is 2. The zero-order valence-electron chi connectivity index (χ0n) is 9.70. The highest BCUT2D eigenvalue weighted by molar-refractivity contribution is 7.98. The van der Waals surface area contributed by atoms with Gasteiger partial charge in [-0.25, -0.2) is 8.78 Å². The maximum atomic E-state index is 13.7. The monoisotopic (exact) mass is 271 g/mol. The van der Waals surface area contributed by atoms with Crippen LogP contribution in [0.15, 0.2) is 12.1 Å². The van der Waals surface area contributed by atoms with Crippen molar-refractivity contribution in [2.75, 3.05) is 23.5 Å². The van der Waals surface area contributed by atoms with E-state index in [1.54, 1.807) is 11.8 Å². The lowest BCUT2D eigenvalue weighted by Crippen LogP contribution is -2.31. The number of Topliss-reactive ketones (excluding diaryl/α,β-unsaturated/α-hetero) is 1. The molecule has 1 amide bonds. The molecule has 0 bridgehead atoms. The van der Waals surface area contributed by atoms with E-state index in [2.05, 4.69) is 0 Å². The van der Waals surface area contributed by atoms with Gasteiger partial charge >= 0.3 is 0 Å². The van der Waals surface area contributed by atoms with Gasteiger partial charge < -0.3 is 4.90 Å². The number of hydrogen-bond donors (Lipinski definition) is 0. The van der Waals surface area contributed by atoms with Crippen molar-refractivity contribution < 1.29 is 18.4 Å². The van der Waals surface area contributed by atoms with E-state index in [0.29, 0.717) is 12.5 Å². The molecule has 0 spiro atoms. The molecule has 1 aromatic rings. The number of benzene rings is 1. The summed E-state index contributed by atoms with van der Waals surface area (Å²) in [4.78, 5) is 24.4. The van der Waals surface area contributed by atoms with Crippen LogP contribution in [-0.2, 0) is 4.79 Å². The molecule has 1 aliphatic rings. The Balaban J connectivity index is 2.36. The van der Waals surface area contributed by atoms with Crippen molar-refractivity contribution in [2.24, 2.45) is 0 Å². The van der Waals surface area contributed by atoms with E-state index in [1.165, 1.54) is 0 Å². The van der Waals surface area contributed by atoms with Gasteiger partial charge in [-0.05, 0) is 24.5 Å². The number of fused-ring (bicyclic) bond motifs is 1. The number of rotatable bonds is 4. The largest absolute Gasteiger partial charge is 0.302 e. The smallest absolute Gasteiger partial charge is 0.299 e. The fourth-order valence-corrected chi connectivity index (χ4v) is 2.35. The molecule has 0 fully saturated rings. The van der Waals surface area contributed by atoms with E-state index in [0.717, 1.165) is 16.7 Å². The minimum Gasteiger partial charge on any atom is -0.302 e. The lowest BCUT2D eigenvalue weighted by Gasteiger charge is -2.16. The first kappa shape index (κ1) is 13.0. The van der Waals surface area contributed by atoms with Crippen LogP contribution in [0.25, 0.3) is 0 Å². The maximum absolute atomic E-state index is 13.7. The zero-order chi connectivity index (χ0) is 13.3. The van der Waals surface area contributed by atoms with Crippen molar-refractivity contribution in [3.05, 3.63) is 29.3 Å². The number of amides is 1. The number of halogens is 2. The first-order valence-corrected chi connectivity index (χ1v) is 6.80. The predicted octanol–water partition coefficient (Wildman–Crippen LogP) is 2.25. The molecule has 1 heterocycles. The Labute approximate surface area is 107 Å². The number of nitrogens with zero attached hydrogens (tertiary/aromatic N) is 1. The summed E-state index contributed by atoms with van der Waals surface area (Å²) in [5, 5.41) is 0. The normalized spacial score (nSPS) is 14.3. The van der Waals surface area contributed by atoms with Gasteiger partial charge in [0.25, 0.3) is 11.7 Å². The molecule has 0 unspecified atom stereocenters. The lowest BCUT2D eigenvalue weighted by atomic mass is 10.1. The summed E-state index contributed by atoms with van der Waals surface area (Å²) in [7, 11) is 0. The second-order valence-electron chi connectivity index (χ2n) is 3.92. The van der Waals surface area contributed by atoms with Gasteiger partial charge in [-0.2, -0.15) is 11.8 Å². The van der Waals surface area contributed by atoms with E-state index in [1.807, 2.05) is 6.26 Å². The highest BCUT2D eigenvalue weighted by atomic mass is 32.2. The molecule has 3 nitrogen and oxygen atoms in total. The molecule has 2 rings (SSSR count). The third kappa shape index (κ3) is 2.12. The summed E-state index contributed by atoms with van der Waals surface area (Å²) < 4.78 is 26.7. The third-order valence-electron chi connectivity index (χ3n) is 2.71. The Bertz CT molecular complexity index is 519. The van der Waals surface area contributed by atoms with E-state index in [9.17, 15) is 18.4 Å². The summed E-state index contributed by atoms with van der Waals surface area (Å²) >= 11 is 1.60. The Morgan fingerprint density at radius 3 is 2.67 bits per heavy atom. The van der Waals surface area contributed by atoms with Gasteiger partial charge in [0, 0.05) is 12.6 Å². The lowest BCUT2D eigenvalue weighted by molar-refractivity contribution is -0.114. The summed E-state index contributed by atoms with van der Waals surface area (Å²) in [5.41, 5.74) is -0.269. The molecule has 0 atom stereocenters. The number of hydrogen-bond acceptors (Lipinski definition) is 3. The van der Waals surface area contributed by atoms with Crippen LogP contribution >= 0.6 is 11.8 Å². The molecule has 0 aromatic heterocycles. The zero-order valence-corrected chi connectivity index (χ0v) is 10.5. The summed E-state index contributed by atoms with van der Waals surface area (Å²) in [6.45, 7) is 0.265. The molecular formula is C12H11F2NO2S. The molecule has 6 heteroatoms. The number of anilines is 1.